The van der Waals surface area contributed by atoms with Gasteiger partial charge in [-0.3, -0.25) is 4.79 Å². The molecule has 3 N–H and O–H groups in total. The summed E-state index contributed by atoms with van der Waals surface area (Å²) < 4.78 is 30.7. The highest BCUT2D eigenvalue weighted by molar-refractivity contribution is 5.77. The standard InChI is InChI=1S/C11H14F2N2O2/c12-9-2-1-8(10(13)5-9)6-15-11(16)7-17-4-3-14/h1-2,5H,3-4,6-7,14H2,(H,15,16). The molecule has 1 rings (SSSR count). The predicted octanol–water partition coefficient (Wildman–Crippen LogP) is 0.556. The van der Waals surface area contributed by atoms with Gasteiger partial charge in [-0.25, -0.2) is 8.78 Å². The number of hydrogen-bond donors (Lipinski definition) is 2. The first-order valence-electron chi connectivity index (χ1n) is 5.12. The maximum atomic E-state index is 13.2. The van der Waals surface area contributed by atoms with Gasteiger partial charge in [0, 0.05) is 24.7 Å². The van der Waals surface area contributed by atoms with E-state index >= 15 is 0 Å². The van der Waals surface area contributed by atoms with Crippen LogP contribution in [0.1, 0.15) is 5.56 Å². The lowest BCUT2D eigenvalue weighted by Crippen LogP contribution is -2.28. The van der Waals surface area contributed by atoms with Crippen LogP contribution >= 0.6 is 0 Å². The normalized spacial score (nSPS) is 10.3. The van der Waals surface area contributed by atoms with Crippen molar-refractivity contribution in [1.82, 2.24) is 5.32 Å². The highest BCUT2D eigenvalue weighted by Gasteiger charge is 2.06. The Kier molecular flexibility index (Phi) is 5.51. The molecule has 1 aromatic carbocycles. The van der Waals surface area contributed by atoms with E-state index in [0.29, 0.717) is 13.2 Å². The highest BCUT2D eigenvalue weighted by Crippen LogP contribution is 2.08. The summed E-state index contributed by atoms with van der Waals surface area (Å²) in [6, 6.07) is 3.19. The Morgan fingerprint density at radius 2 is 2.18 bits per heavy atom. The monoisotopic (exact) mass is 244 g/mol. The molecule has 6 heteroatoms. The van der Waals surface area contributed by atoms with E-state index in [9.17, 15) is 13.6 Å². The third-order valence-corrected chi connectivity index (χ3v) is 1.99. The molecule has 0 aliphatic heterocycles. The van der Waals surface area contributed by atoms with Crippen LogP contribution in [0.5, 0.6) is 0 Å². The Hall–Kier alpha value is -1.53. The average Bonchev–Trinajstić information content (AvgIpc) is 2.28. The van der Waals surface area contributed by atoms with E-state index < -0.39 is 11.6 Å². The van der Waals surface area contributed by atoms with Crippen LogP contribution in [-0.4, -0.2) is 25.7 Å². The second-order valence-corrected chi connectivity index (χ2v) is 3.35. The molecule has 0 heterocycles. The maximum absolute atomic E-state index is 13.2. The minimum absolute atomic E-state index is 0.00304. The first kappa shape index (κ1) is 13.5. The second kappa shape index (κ2) is 6.93. The molecule has 4 nitrogen and oxygen atoms in total. The van der Waals surface area contributed by atoms with E-state index in [1.807, 2.05) is 0 Å². The fourth-order valence-corrected chi connectivity index (χ4v) is 1.16. The fraction of sp³-hybridized carbons (Fsp3) is 0.364. The molecular weight excluding hydrogens is 230 g/mol. The third kappa shape index (κ3) is 4.88. The van der Waals surface area contributed by atoms with Gasteiger partial charge in [0.25, 0.3) is 0 Å². The highest BCUT2D eigenvalue weighted by atomic mass is 19.1. The van der Waals surface area contributed by atoms with Crippen molar-refractivity contribution in [2.45, 2.75) is 6.54 Å². The van der Waals surface area contributed by atoms with Gasteiger partial charge >= 0.3 is 0 Å². The van der Waals surface area contributed by atoms with Crippen LogP contribution in [0.4, 0.5) is 8.78 Å². The van der Waals surface area contributed by atoms with Gasteiger partial charge < -0.3 is 15.8 Å². The number of carbonyl (C=O) groups is 1. The molecule has 0 aromatic heterocycles. The molecule has 0 atom stereocenters. The number of nitrogens with two attached hydrogens (primary N) is 1. The van der Waals surface area contributed by atoms with Crippen molar-refractivity contribution in [2.24, 2.45) is 5.73 Å². The zero-order chi connectivity index (χ0) is 12.7. The largest absolute Gasteiger partial charge is 0.370 e. The van der Waals surface area contributed by atoms with Crippen molar-refractivity contribution < 1.29 is 18.3 Å². The predicted molar refractivity (Wildman–Crippen MR) is 58.1 cm³/mol. The van der Waals surface area contributed by atoms with Crippen LogP contribution in [0, 0.1) is 11.6 Å². The minimum Gasteiger partial charge on any atom is -0.370 e. The van der Waals surface area contributed by atoms with Gasteiger partial charge in [0.1, 0.15) is 18.2 Å². The summed E-state index contributed by atoms with van der Waals surface area (Å²) in [4.78, 5) is 11.2. The average molecular weight is 244 g/mol. The quantitative estimate of drug-likeness (QED) is 0.718. The number of halogens is 2. The van der Waals surface area contributed by atoms with Gasteiger partial charge in [-0.05, 0) is 6.07 Å². The van der Waals surface area contributed by atoms with Gasteiger partial charge in [0.15, 0.2) is 0 Å². The van der Waals surface area contributed by atoms with Gasteiger partial charge in [0.05, 0.1) is 6.61 Å². The molecule has 0 aliphatic carbocycles. The number of hydrogen-bond acceptors (Lipinski definition) is 3. The molecule has 1 aromatic rings. The number of ether oxygens (including phenoxy) is 1. The van der Waals surface area contributed by atoms with Crippen molar-refractivity contribution in [2.75, 3.05) is 19.8 Å². The number of carbonyl (C=O) groups excluding carboxylic acids is 1. The minimum atomic E-state index is -0.687. The van der Waals surface area contributed by atoms with E-state index in [-0.39, 0.29) is 24.6 Å². The Balaban J connectivity index is 2.37. The lowest BCUT2D eigenvalue weighted by Gasteiger charge is -2.06. The zero-order valence-corrected chi connectivity index (χ0v) is 9.21. The summed E-state index contributed by atoms with van der Waals surface area (Å²) in [6.07, 6.45) is 0. The molecule has 0 fully saturated rings. The van der Waals surface area contributed by atoms with E-state index in [1.54, 1.807) is 0 Å². The first-order chi connectivity index (χ1) is 8.13. The van der Waals surface area contributed by atoms with Crippen LogP contribution in [0.25, 0.3) is 0 Å². The van der Waals surface area contributed by atoms with Gasteiger partial charge in [-0.15, -0.1) is 0 Å². The number of benzene rings is 1. The van der Waals surface area contributed by atoms with Crippen molar-refractivity contribution in [3.8, 4) is 0 Å². The molecule has 1 amide bonds. The summed E-state index contributed by atoms with van der Waals surface area (Å²) in [5.41, 5.74) is 5.39. The van der Waals surface area contributed by atoms with E-state index in [2.05, 4.69) is 5.32 Å². The molecular formula is C11H14F2N2O2. The Labute approximate surface area is 97.8 Å². The number of amides is 1. The molecule has 0 aliphatic rings. The number of nitrogens with one attached hydrogen (secondary N) is 1. The third-order valence-electron chi connectivity index (χ3n) is 1.99. The van der Waals surface area contributed by atoms with E-state index in [1.165, 1.54) is 6.07 Å². The van der Waals surface area contributed by atoms with E-state index in [0.717, 1.165) is 12.1 Å². The van der Waals surface area contributed by atoms with Crippen LogP contribution in [0.3, 0.4) is 0 Å². The lowest BCUT2D eigenvalue weighted by molar-refractivity contribution is -0.125. The molecule has 0 spiro atoms. The fourth-order valence-electron chi connectivity index (χ4n) is 1.16. The maximum Gasteiger partial charge on any atom is 0.246 e. The van der Waals surface area contributed by atoms with Gasteiger partial charge in [0.2, 0.25) is 5.91 Å². The molecule has 0 unspecified atom stereocenters. The Morgan fingerprint density at radius 1 is 1.41 bits per heavy atom. The Morgan fingerprint density at radius 3 is 2.82 bits per heavy atom. The molecule has 0 bridgehead atoms. The SMILES string of the molecule is NCCOCC(=O)NCc1ccc(F)cc1F. The first-order valence-corrected chi connectivity index (χ1v) is 5.12. The summed E-state index contributed by atoms with van der Waals surface area (Å²) in [6.45, 7) is 0.495. The zero-order valence-electron chi connectivity index (χ0n) is 9.21. The van der Waals surface area contributed by atoms with Crippen molar-refractivity contribution in [3.05, 3.63) is 35.4 Å². The molecule has 94 valence electrons. The van der Waals surface area contributed by atoms with Crippen LogP contribution in [0.2, 0.25) is 0 Å². The molecule has 17 heavy (non-hydrogen) atoms. The van der Waals surface area contributed by atoms with E-state index in [4.69, 9.17) is 10.5 Å². The second-order valence-electron chi connectivity index (χ2n) is 3.35. The van der Waals surface area contributed by atoms with Gasteiger partial charge in [-0.1, -0.05) is 6.07 Å². The van der Waals surface area contributed by atoms with Crippen molar-refractivity contribution in [1.29, 1.82) is 0 Å². The summed E-state index contributed by atoms with van der Waals surface area (Å²) in [7, 11) is 0. The van der Waals surface area contributed by atoms with Crippen LogP contribution < -0.4 is 11.1 Å². The molecule has 0 radical (unpaired) electrons. The summed E-state index contributed by atoms with van der Waals surface area (Å²) >= 11 is 0. The smallest absolute Gasteiger partial charge is 0.246 e. The van der Waals surface area contributed by atoms with Crippen LogP contribution in [-0.2, 0) is 16.1 Å². The topological polar surface area (TPSA) is 64.3 Å². The van der Waals surface area contributed by atoms with Crippen molar-refractivity contribution >= 4 is 5.91 Å². The number of rotatable bonds is 6. The molecule has 0 saturated carbocycles. The Bertz CT molecular complexity index is 386. The lowest BCUT2D eigenvalue weighted by atomic mass is 10.2. The van der Waals surface area contributed by atoms with Crippen LogP contribution in [0.15, 0.2) is 18.2 Å². The molecule has 0 saturated heterocycles. The summed E-state index contributed by atoms with van der Waals surface area (Å²) in [5, 5.41) is 2.45. The van der Waals surface area contributed by atoms with Gasteiger partial charge in [-0.2, -0.15) is 0 Å². The van der Waals surface area contributed by atoms with Crippen molar-refractivity contribution in [3.63, 3.8) is 0 Å². The summed E-state index contributed by atoms with van der Waals surface area (Å²) in [5.74, 6) is -1.71.